The van der Waals surface area contributed by atoms with Crippen molar-refractivity contribution in [2.24, 2.45) is 11.6 Å². The zero-order valence-electron chi connectivity index (χ0n) is 25.5. The van der Waals surface area contributed by atoms with E-state index < -0.39 is 5.97 Å². The zero-order chi connectivity index (χ0) is 31.4. The van der Waals surface area contributed by atoms with Gasteiger partial charge in [0.15, 0.2) is 0 Å². The fourth-order valence-corrected chi connectivity index (χ4v) is 5.04. The molecule has 4 aromatic rings. The minimum Gasteiger partial charge on any atom is -0.496 e. The standard InChI is InChI=1S/C17H21NO5.C16H21NO3/c1-20-15-10-14(17(19)22-3)16(21-2)13-9-11(5-4-8-23-18)6-7-12(13)15;1-19-15-9-12(10-18)16(20-2)14-8-11(4-3-7-17)5-6-13(14)15/h6-7,9-10H,4-5,8,18H2,1-3H3;5-6,8-9,18H,3-4,7,10,17H2,1-2H3. The maximum absolute atomic E-state index is 12.0. The molecule has 0 bridgehead atoms. The highest BCUT2D eigenvalue weighted by Crippen LogP contribution is 2.39. The number of benzene rings is 4. The summed E-state index contributed by atoms with van der Waals surface area (Å²) in [6, 6.07) is 15.6. The van der Waals surface area contributed by atoms with Crippen LogP contribution in [-0.4, -0.2) is 59.8 Å². The molecular formula is C33H42N2O8. The predicted octanol–water partition coefficient (Wildman–Crippen LogP) is 4.71. The number of fused-ring (bicyclic) bond motifs is 2. The summed E-state index contributed by atoms with van der Waals surface area (Å²) in [5.41, 5.74) is 8.92. The second-order valence-corrected chi connectivity index (χ2v) is 9.71. The minimum absolute atomic E-state index is 0.0809. The van der Waals surface area contributed by atoms with Crippen molar-refractivity contribution in [1.29, 1.82) is 0 Å². The molecule has 232 valence electrons. The largest absolute Gasteiger partial charge is 0.496 e. The van der Waals surface area contributed by atoms with Gasteiger partial charge in [-0.05, 0) is 67.6 Å². The van der Waals surface area contributed by atoms with Crippen molar-refractivity contribution in [3.63, 3.8) is 0 Å². The summed E-state index contributed by atoms with van der Waals surface area (Å²) >= 11 is 0. The van der Waals surface area contributed by atoms with Crippen LogP contribution in [0.2, 0.25) is 0 Å². The number of hydrogen-bond acceptors (Lipinski definition) is 10. The average molecular weight is 595 g/mol. The number of carbonyl (C=O) groups is 1. The van der Waals surface area contributed by atoms with Crippen LogP contribution in [0.5, 0.6) is 23.0 Å². The van der Waals surface area contributed by atoms with Gasteiger partial charge in [-0.2, -0.15) is 0 Å². The molecule has 0 aliphatic heterocycles. The molecule has 4 rings (SSSR count). The van der Waals surface area contributed by atoms with Crippen molar-refractivity contribution in [2.45, 2.75) is 32.3 Å². The van der Waals surface area contributed by atoms with E-state index in [2.05, 4.69) is 17.0 Å². The molecule has 0 aliphatic rings. The summed E-state index contributed by atoms with van der Waals surface area (Å²) in [6.07, 6.45) is 3.49. The van der Waals surface area contributed by atoms with Gasteiger partial charge in [-0.3, -0.25) is 0 Å². The molecule has 10 heteroatoms. The van der Waals surface area contributed by atoms with E-state index in [9.17, 15) is 9.90 Å². The third-order valence-corrected chi connectivity index (χ3v) is 7.13. The third-order valence-electron chi connectivity index (χ3n) is 7.13. The van der Waals surface area contributed by atoms with Gasteiger partial charge in [0.2, 0.25) is 0 Å². The fourth-order valence-electron chi connectivity index (χ4n) is 5.04. The Morgan fingerprint density at radius 1 is 0.721 bits per heavy atom. The number of ether oxygens (including phenoxy) is 5. The summed E-state index contributed by atoms with van der Waals surface area (Å²) in [7, 11) is 7.68. The van der Waals surface area contributed by atoms with Gasteiger partial charge in [-0.1, -0.05) is 24.3 Å². The van der Waals surface area contributed by atoms with Crippen molar-refractivity contribution >= 4 is 27.5 Å². The van der Waals surface area contributed by atoms with E-state index in [0.717, 1.165) is 64.1 Å². The lowest BCUT2D eigenvalue weighted by Gasteiger charge is -2.15. The number of hydrogen-bond donors (Lipinski definition) is 3. The van der Waals surface area contributed by atoms with E-state index in [1.807, 2.05) is 30.3 Å². The maximum Gasteiger partial charge on any atom is 0.341 e. The lowest BCUT2D eigenvalue weighted by atomic mass is 9.99. The van der Waals surface area contributed by atoms with E-state index in [4.69, 9.17) is 35.3 Å². The highest BCUT2D eigenvalue weighted by molar-refractivity contribution is 6.04. The molecule has 10 nitrogen and oxygen atoms in total. The van der Waals surface area contributed by atoms with E-state index >= 15 is 0 Å². The number of aliphatic hydroxyl groups is 1. The average Bonchev–Trinajstić information content (AvgIpc) is 3.05. The molecule has 0 fully saturated rings. The SMILES string of the molecule is COC(=O)c1cc(OC)c2ccc(CCCON)cc2c1OC.COc1cc(CO)c(OC)c2cc(CCCN)ccc12. The summed E-state index contributed by atoms with van der Waals surface area (Å²) < 4.78 is 26.6. The normalized spacial score (nSPS) is 10.7. The Bertz CT molecular complexity index is 1520. The molecule has 0 unspecified atom stereocenters. The van der Waals surface area contributed by atoms with Gasteiger partial charge < -0.3 is 39.4 Å². The Kier molecular flexibility index (Phi) is 12.8. The second kappa shape index (κ2) is 16.5. The summed E-state index contributed by atoms with van der Waals surface area (Å²) in [5.74, 6) is 7.10. The first-order valence-electron chi connectivity index (χ1n) is 14.0. The molecule has 43 heavy (non-hydrogen) atoms. The minimum atomic E-state index is -0.469. The first kappa shape index (κ1) is 33.4. The van der Waals surface area contributed by atoms with Gasteiger partial charge in [0.1, 0.15) is 28.6 Å². The van der Waals surface area contributed by atoms with E-state index in [-0.39, 0.29) is 6.61 Å². The molecule has 4 aromatic carbocycles. The van der Waals surface area contributed by atoms with E-state index in [0.29, 0.717) is 36.0 Å². The lowest BCUT2D eigenvalue weighted by Crippen LogP contribution is -2.06. The monoisotopic (exact) mass is 594 g/mol. The fraction of sp³-hybridized carbons (Fsp3) is 0.364. The molecule has 5 N–H and O–H groups in total. The highest BCUT2D eigenvalue weighted by atomic mass is 16.6. The van der Waals surface area contributed by atoms with Crippen molar-refractivity contribution in [3.05, 3.63) is 70.8 Å². The Balaban J connectivity index is 0.000000238. The molecule has 0 saturated carbocycles. The lowest BCUT2D eigenvalue weighted by molar-refractivity contribution is 0.0597. The molecule has 0 heterocycles. The van der Waals surface area contributed by atoms with E-state index in [1.54, 1.807) is 27.4 Å². The van der Waals surface area contributed by atoms with Crippen molar-refractivity contribution in [3.8, 4) is 23.0 Å². The van der Waals surface area contributed by atoms with Crippen molar-refractivity contribution in [1.82, 2.24) is 0 Å². The van der Waals surface area contributed by atoms with Crippen LogP contribution >= 0.6 is 0 Å². The Hall–Kier alpha value is -4.09. The van der Waals surface area contributed by atoms with Crippen LogP contribution in [0.4, 0.5) is 0 Å². The summed E-state index contributed by atoms with van der Waals surface area (Å²) in [4.78, 5) is 16.6. The van der Waals surface area contributed by atoms with Crippen LogP contribution in [-0.2, 0) is 29.0 Å². The van der Waals surface area contributed by atoms with Gasteiger partial charge in [0.05, 0.1) is 48.8 Å². The molecule has 0 radical (unpaired) electrons. The number of methoxy groups -OCH3 is 5. The summed E-state index contributed by atoms with van der Waals surface area (Å²) in [5, 5.41) is 13.1. The smallest absolute Gasteiger partial charge is 0.341 e. The van der Waals surface area contributed by atoms with Gasteiger partial charge in [0, 0.05) is 27.1 Å². The number of rotatable bonds is 13. The molecule has 0 amide bonds. The molecular weight excluding hydrogens is 552 g/mol. The van der Waals surface area contributed by atoms with Gasteiger partial charge in [-0.25, -0.2) is 10.7 Å². The highest BCUT2D eigenvalue weighted by Gasteiger charge is 2.20. The molecule has 0 atom stereocenters. The third kappa shape index (κ3) is 7.85. The Morgan fingerprint density at radius 3 is 1.77 bits per heavy atom. The van der Waals surface area contributed by atoms with Crippen molar-refractivity contribution < 1.29 is 38.4 Å². The quantitative estimate of drug-likeness (QED) is 0.113. The number of aliphatic hydroxyl groups excluding tert-OH is 1. The van der Waals surface area contributed by atoms with Gasteiger partial charge in [-0.15, -0.1) is 0 Å². The van der Waals surface area contributed by atoms with Crippen LogP contribution in [0.25, 0.3) is 21.5 Å². The first-order chi connectivity index (χ1) is 20.9. The van der Waals surface area contributed by atoms with Crippen LogP contribution in [0.1, 0.15) is 39.9 Å². The predicted molar refractivity (Wildman–Crippen MR) is 167 cm³/mol. The van der Waals surface area contributed by atoms with Crippen LogP contribution in [0.15, 0.2) is 48.5 Å². The van der Waals surface area contributed by atoms with Crippen LogP contribution < -0.4 is 30.6 Å². The van der Waals surface area contributed by atoms with Crippen molar-refractivity contribution in [2.75, 3.05) is 48.7 Å². The number of esters is 1. The van der Waals surface area contributed by atoms with Gasteiger partial charge >= 0.3 is 5.97 Å². The van der Waals surface area contributed by atoms with Crippen LogP contribution in [0, 0.1) is 0 Å². The second-order valence-electron chi connectivity index (χ2n) is 9.71. The Morgan fingerprint density at radius 2 is 1.28 bits per heavy atom. The van der Waals surface area contributed by atoms with E-state index in [1.165, 1.54) is 19.8 Å². The first-order valence-corrected chi connectivity index (χ1v) is 14.0. The Labute approximate surface area is 252 Å². The number of nitrogens with two attached hydrogens (primary N) is 2. The molecule has 0 aromatic heterocycles. The zero-order valence-corrected chi connectivity index (χ0v) is 25.5. The molecule has 0 aliphatic carbocycles. The molecule has 0 saturated heterocycles. The summed E-state index contributed by atoms with van der Waals surface area (Å²) in [6.45, 7) is 1.08. The maximum atomic E-state index is 12.0. The van der Waals surface area contributed by atoms with Gasteiger partial charge in [0.25, 0.3) is 0 Å². The van der Waals surface area contributed by atoms with Crippen LogP contribution in [0.3, 0.4) is 0 Å². The molecule has 0 spiro atoms. The number of carbonyl (C=O) groups excluding carboxylic acids is 1. The number of aryl methyl sites for hydroxylation is 2. The topological polar surface area (TPSA) is 145 Å².